The molecule has 0 bridgehead atoms. The summed E-state index contributed by atoms with van der Waals surface area (Å²) in [6, 6.07) is 13.1. The van der Waals surface area contributed by atoms with Crippen LogP contribution in [0.25, 0.3) is 5.57 Å². The van der Waals surface area contributed by atoms with Crippen LogP contribution < -0.4 is 10.6 Å². The Bertz CT molecular complexity index is 741. The first kappa shape index (κ1) is 13.9. The van der Waals surface area contributed by atoms with Gasteiger partial charge in [0.15, 0.2) is 0 Å². The van der Waals surface area contributed by atoms with E-state index in [2.05, 4.69) is 26.6 Å². The van der Waals surface area contributed by atoms with E-state index in [1.54, 1.807) is 6.20 Å². The molecule has 0 atom stereocenters. The monoisotopic (exact) mass is 344 g/mol. The summed E-state index contributed by atoms with van der Waals surface area (Å²) in [5.41, 5.74) is 3.90. The molecule has 4 nitrogen and oxygen atoms in total. The molecule has 3 N–H and O–H groups in total. The van der Waals surface area contributed by atoms with Gasteiger partial charge in [0.05, 0.1) is 17.9 Å². The molecule has 1 heterocycles. The Labute approximate surface area is 130 Å². The lowest BCUT2D eigenvalue weighted by atomic mass is 10.1. The highest BCUT2D eigenvalue weighted by atomic mass is 79.9. The molecule has 0 saturated carbocycles. The Kier molecular flexibility index (Phi) is 3.77. The van der Waals surface area contributed by atoms with E-state index < -0.39 is 0 Å². The zero-order valence-corrected chi connectivity index (χ0v) is 12.6. The fourth-order valence-electron chi connectivity index (χ4n) is 2.22. The van der Waals surface area contributed by atoms with E-state index >= 15 is 0 Å². The van der Waals surface area contributed by atoms with Crippen LogP contribution in [0.2, 0.25) is 0 Å². The molecule has 5 heteroatoms. The van der Waals surface area contributed by atoms with Gasteiger partial charge in [0.2, 0.25) is 0 Å². The number of nitrogens with one attached hydrogen (secondary N) is 2. The van der Waals surface area contributed by atoms with Gasteiger partial charge in [0.25, 0.3) is 5.91 Å². The summed E-state index contributed by atoms with van der Waals surface area (Å²) in [6.07, 6.45) is 1.69. The van der Waals surface area contributed by atoms with E-state index in [-0.39, 0.29) is 12.5 Å². The molecule has 0 aromatic heterocycles. The molecule has 1 amide bonds. The third kappa shape index (κ3) is 2.84. The minimum Gasteiger partial charge on any atom is -0.392 e. The number of hydrogen-bond acceptors (Lipinski definition) is 3. The van der Waals surface area contributed by atoms with E-state index in [0.717, 1.165) is 27.0 Å². The van der Waals surface area contributed by atoms with Gasteiger partial charge in [0.1, 0.15) is 0 Å². The van der Waals surface area contributed by atoms with Crippen LogP contribution in [0.15, 0.2) is 53.1 Å². The van der Waals surface area contributed by atoms with Gasteiger partial charge in [-0.05, 0) is 29.8 Å². The number of rotatable bonds is 3. The molecule has 0 spiro atoms. The molecule has 0 unspecified atom stereocenters. The van der Waals surface area contributed by atoms with Crippen LogP contribution in [-0.2, 0) is 11.4 Å². The molecule has 106 valence electrons. The van der Waals surface area contributed by atoms with E-state index in [9.17, 15) is 4.79 Å². The first-order chi connectivity index (χ1) is 10.2. The van der Waals surface area contributed by atoms with Gasteiger partial charge in [0, 0.05) is 21.9 Å². The van der Waals surface area contributed by atoms with E-state index in [4.69, 9.17) is 5.11 Å². The smallest absolute Gasteiger partial charge is 0.257 e. The third-order valence-corrected chi connectivity index (χ3v) is 3.75. The maximum absolute atomic E-state index is 12.0. The molecule has 0 fully saturated rings. The van der Waals surface area contributed by atoms with Crippen LogP contribution in [0.3, 0.4) is 0 Å². The third-order valence-electron chi connectivity index (χ3n) is 3.26. The average molecular weight is 345 g/mol. The van der Waals surface area contributed by atoms with Gasteiger partial charge in [-0.15, -0.1) is 0 Å². The summed E-state index contributed by atoms with van der Waals surface area (Å²) in [7, 11) is 0. The van der Waals surface area contributed by atoms with E-state index in [0.29, 0.717) is 5.57 Å². The fraction of sp³-hybridized carbons (Fsp3) is 0.0625. The molecule has 21 heavy (non-hydrogen) atoms. The topological polar surface area (TPSA) is 61.4 Å². The van der Waals surface area contributed by atoms with Crippen LogP contribution in [-0.4, -0.2) is 11.0 Å². The zero-order valence-electron chi connectivity index (χ0n) is 11.1. The largest absolute Gasteiger partial charge is 0.392 e. The highest BCUT2D eigenvalue weighted by Crippen LogP contribution is 2.33. The Balaban J connectivity index is 1.88. The predicted molar refractivity (Wildman–Crippen MR) is 86.7 cm³/mol. The number of carbonyl (C=O) groups excluding carboxylic acids is 1. The Morgan fingerprint density at radius 2 is 2.10 bits per heavy atom. The minimum absolute atomic E-state index is 0.0105. The number of hydrogen-bond donors (Lipinski definition) is 3. The first-order valence-corrected chi connectivity index (χ1v) is 7.24. The second-order valence-electron chi connectivity index (χ2n) is 4.70. The molecular weight excluding hydrogens is 332 g/mol. The number of carbonyl (C=O) groups is 1. The van der Waals surface area contributed by atoms with Crippen molar-refractivity contribution in [1.29, 1.82) is 0 Å². The number of fused-ring (bicyclic) bond motifs is 1. The van der Waals surface area contributed by atoms with Crippen molar-refractivity contribution in [3.05, 3.63) is 64.3 Å². The highest BCUT2D eigenvalue weighted by Gasteiger charge is 2.23. The van der Waals surface area contributed by atoms with Gasteiger partial charge in [-0.2, -0.15) is 0 Å². The summed E-state index contributed by atoms with van der Waals surface area (Å²) in [5, 5.41) is 15.1. The van der Waals surface area contributed by atoms with Crippen LogP contribution in [0.5, 0.6) is 0 Å². The second-order valence-corrected chi connectivity index (χ2v) is 5.62. The molecule has 0 radical (unpaired) electrons. The van der Waals surface area contributed by atoms with Crippen LogP contribution in [0.1, 0.15) is 11.1 Å². The molecule has 1 aliphatic heterocycles. The highest BCUT2D eigenvalue weighted by molar-refractivity contribution is 9.10. The van der Waals surface area contributed by atoms with Crippen molar-refractivity contribution in [2.75, 3.05) is 10.6 Å². The molecule has 0 aliphatic carbocycles. The molecular formula is C16H13BrN2O2. The Morgan fingerprint density at radius 3 is 2.90 bits per heavy atom. The lowest BCUT2D eigenvalue weighted by molar-refractivity contribution is -0.110. The summed E-state index contributed by atoms with van der Waals surface area (Å²) in [6.45, 7) is -0.0105. The van der Waals surface area contributed by atoms with Crippen molar-refractivity contribution in [1.82, 2.24) is 0 Å². The standard InChI is InChI=1S/C16H13BrN2O2/c17-11-4-5-13-14(16(21)19-15(13)7-11)8-18-12-3-1-2-10(6-12)9-20/h1-8,18,20H,9H2,(H,19,21)/b14-8+. The van der Waals surface area contributed by atoms with Crippen LogP contribution in [0.4, 0.5) is 11.4 Å². The summed E-state index contributed by atoms with van der Waals surface area (Å²) in [5.74, 6) is -0.131. The van der Waals surface area contributed by atoms with Crippen LogP contribution >= 0.6 is 15.9 Å². The predicted octanol–water partition coefficient (Wildman–Crippen LogP) is 3.35. The summed E-state index contributed by atoms with van der Waals surface area (Å²) in [4.78, 5) is 12.0. The van der Waals surface area contributed by atoms with Crippen molar-refractivity contribution in [3.8, 4) is 0 Å². The molecule has 0 saturated heterocycles. The van der Waals surface area contributed by atoms with Crippen molar-refractivity contribution in [2.45, 2.75) is 6.61 Å². The van der Waals surface area contributed by atoms with Crippen LogP contribution in [0, 0.1) is 0 Å². The van der Waals surface area contributed by atoms with Gasteiger partial charge in [-0.25, -0.2) is 0 Å². The Hall–Kier alpha value is -2.11. The molecule has 1 aliphatic rings. The van der Waals surface area contributed by atoms with E-state index in [1.165, 1.54) is 0 Å². The fourth-order valence-corrected chi connectivity index (χ4v) is 2.59. The van der Waals surface area contributed by atoms with Gasteiger partial charge in [-0.1, -0.05) is 34.1 Å². The maximum Gasteiger partial charge on any atom is 0.257 e. The molecule has 2 aromatic rings. The minimum atomic E-state index is -0.131. The van der Waals surface area contributed by atoms with Gasteiger partial charge in [-0.3, -0.25) is 4.79 Å². The first-order valence-electron chi connectivity index (χ1n) is 6.45. The number of benzene rings is 2. The maximum atomic E-state index is 12.0. The number of halogens is 1. The SMILES string of the molecule is O=C1Nc2cc(Br)ccc2/C1=C\Nc1cccc(CO)c1. The molecule has 2 aromatic carbocycles. The summed E-state index contributed by atoms with van der Waals surface area (Å²) < 4.78 is 0.923. The normalized spacial score (nSPS) is 15.0. The van der Waals surface area contributed by atoms with Crippen molar-refractivity contribution >= 4 is 38.8 Å². The van der Waals surface area contributed by atoms with Gasteiger partial charge < -0.3 is 15.7 Å². The van der Waals surface area contributed by atoms with E-state index in [1.807, 2.05) is 42.5 Å². The lowest BCUT2D eigenvalue weighted by Crippen LogP contribution is -2.05. The van der Waals surface area contributed by atoms with Gasteiger partial charge >= 0.3 is 0 Å². The number of aliphatic hydroxyl groups excluding tert-OH is 1. The average Bonchev–Trinajstić information content (AvgIpc) is 2.80. The van der Waals surface area contributed by atoms with Crippen molar-refractivity contribution in [3.63, 3.8) is 0 Å². The Morgan fingerprint density at radius 1 is 1.24 bits per heavy atom. The number of anilines is 2. The zero-order chi connectivity index (χ0) is 14.8. The quantitative estimate of drug-likeness (QED) is 0.748. The van der Waals surface area contributed by atoms with Crippen molar-refractivity contribution < 1.29 is 9.90 Å². The number of amides is 1. The molecule has 3 rings (SSSR count). The summed E-state index contributed by atoms with van der Waals surface area (Å²) >= 11 is 3.39. The van der Waals surface area contributed by atoms with Crippen molar-refractivity contribution in [2.24, 2.45) is 0 Å². The second kappa shape index (κ2) is 5.71. The number of aliphatic hydroxyl groups is 1. The lowest BCUT2D eigenvalue weighted by Gasteiger charge is -2.04.